The van der Waals surface area contributed by atoms with Gasteiger partial charge in [-0.25, -0.2) is 12.0 Å². The molecule has 0 aliphatic carbocycles. The number of hydrogen-bond acceptors (Lipinski definition) is 6. The van der Waals surface area contributed by atoms with E-state index in [2.05, 4.69) is 3.63 Å². The third-order valence-electron chi connectivity index (χ3n) is 1.42. The third kappa shape index (κ3) is 4.93. The molecule has 1 rings (SSSR count). The van der Waals surface area contributed by atoms with Crippen LogP contribution in [0.1, 0.15) is 10.4 Å². The molecule has 0 radical (unpaired) electrons. The van der Waals surface area contributed by atoms with E-state index in [4.69, 9.17) is 0 Å². The SMILES string of the molecule is O=C(CSOS(=O)(=O)[O-])c1ccccc1. The van der Waals surface area contributed by atoms with Gasteiger partial charge in [0.2, 0.25) is 10.4 Å². The standard InChI is InChI=1S/C8H8O5S2/c9-8(6-14-13-15(10,11)12)7-4-2-1-3-5-7/h1-5H,6H2,(H,10,11,12)/p-1. The van der Waals surface area contributed by atoms with Gasteiger partial charge >= 0.3 is 0 Å². The zero-order valence-electron chi connectivity index (χ0n) is 7.45. The molecule has 0 atom stereocenters. The fourth-order valence-electron chi connectivity index (χ4n) is 0.844. The van der Waals surface area contributed by atoms with E-state index in [1.165, 1.54) is 0 Å². The van der Waals surface area contributed by atoms with Crippen LogP contribution in [0.3, 0.4) is 0 Å². The van der Waals surface area contributed by atoms with Crippen molar-refractivity contribution in [1.82, 2.24) is 0 Å². The summed E-state index contributed by atoms with van der Waals surface area (Å²) in [6.45, 7) is 0. The molecule has 0 saturated carbocycles. The van der Waals surface area contributed by atoms with Crippen molar-refractivity contribution in [3.63, 3.8) is 0 Å². The second kappa shape index (κ2) is 5.26. The molecule has 0 N–H and O–H groups in total. The maximum atomic E-state index is 11.3. The molecule has 0 aromatic heterocycles. The Morgan fingerprint density at radius 2 is 1.93 bits per heavy atom. The molecule has 0 aliphatic rings. The van der Waals surface area contributed by atoms with Crippen LogP contribution in [-0.2, 0) is 14.0 Å². The summed E-state index contributed by atoms with van der Waals surface area (Å²) in [6, 6.07) is 8.30. The minimum absolute atomic E-state index is 0.217. The van der Waals surface area contributed by atoms with E-state index in [-0.39, 0.29) is 11.5 Å². The van der Waals surface area contributed by atoms with Crippen LogP contribution in [0, 0.1) is 0 Å². The first-order valence-corrected chi connectivity index (χ1v) is 6.08. The highest BCUT2D eigenvalue weighted by Gasteiger charge is 2.06. The second-order valence-corrected chi connectivity index (χ2v) is 4.41. The average molecular weight is 247 g/mol. The van der Waals surface area contributed by atoms with Crippen molar-refractivity contribution >= 4 is 28.2 Å². The Kier molecular flexibility index (Phi) is 4.28. The Morgan fingerprint density at radius 3 is 2.47 bits per heavy atom. The van der Waals surface area contributed by atoms with Gasteiger partial charge in [0.15, 0.2) is 5.78 Å². The lowest BCUT2D eigenvalue weighted by Crippen LogP contribution is -2.05. The number of Topliss-reactive ketones (excluding diaryl/α,β-unsaturated/α-hetero) is 1. The molecule has 0 saturated heterocycles. The fraction of sp³-hybridized carbons (Fsp3) is 0.125. The van der Waals surface area contributed by atoms with E-state index < -0.39 is 10.4 Å². The van der Waals surface area contributed by atoms with Crippen molar-refractivity contribution in [2.45, 2.75) is 0 Å². The lowest BCUT2D eigenvalue weighted by molar-refractivity contribution is 0.102. The van der Waals surface area contributed by atoms with Crippen molar-refractivity contribution in [2.75, 3.05) is 5.75 Å². The van der Waals surface area contributed by atoms with Gasteiger partial charge in [0.25, 0.3) is 0 Å². The molecule has 0 amide bonds. The molecule has 1 aromatic rings. The third-order valence-corrected chi connectivity index (χ3v) is 2.85. The highest BCUT2D eigenvalue weighted by molar-refractivity contribution is 8.03. The Hall–Kier alpha value is -0.890. The van der Waals surface area contributed by atoms with Crippen LogP contribution in [0.2, 0.25) is 0 Å². The van der Waals surface area contributed by atoms with Crippen LogP contribution < -0.4 is 0 Å². The van der Waals surface area contributed by atoms with Crippen LogP contribution in [0.15, 0.2) is 30.3 Å². The normalized spacial score (nSPS) is 11.3. The van der Waals surface area contributed by atoms with Crippen molar-refractivity contribution in [3.05, 3.63) is 35.9 Å². The molecule has 82 valence electrons. The second-order valence-electron chi connectivity index (χ2n) is 2.53. The van der Waals surface area contributed by atoms with Crippen LogP contribution in [0.5, 0.6) is 0 Å². The monoisotopic (exact) mass is 247 g/mol. The number of rotatable bonds is 5. The van der Waals surface area contributed by atoms with E-state index in [9.17, 15) is 17.8 Å². The predicted molar refractivity (Wildman–Crippen MR) is 54.0 cm³/mol. The number of benzene rings is 1. The summed E-state index contributed by atoms with van der Waals surface area (Å²) in [4.78, 5) is 11.3. The zero-order valence-corrected chi connectivity index (χ0v) is 9.08. The first-order valence-electron chi connectivity index (χ1n) is 3.84. The molecular formula is C8H7O5S2-. The van der Waals surface area contributed by atoms with Gasteiger partial charge in [-0.1, -0.05) is 30.3 Å². The van der Waals surface area contributed by atoms with Crippen LogP contribution >= 0.6 is 12.0 Å². The first-order chi connectivity index (χ1) is 6.99. The summed E-state index contributed by atoms with van der Waals surface area (Å²) in [5.41, 5.74) is 0.442. The summed E-state index contributed by atoms with van der Waals surface area (Å²) in [6.07, 6.45) is 0. The highest BCUT2D eigenvalue weighted by Crippen LogP contribution is 2.10. The number of ketones is 1. The molecule has 0 heterocycles. The molecule has 5 nitrogen and oxygen atoms in total. The smallest absolute Gasteiger partial charge is 0.228 e. The van der Waals surface area contributed by atoms with Crippen molar-refractivity contribution < 1.29 is 21.4 Å². The zero-order chi connectivity index (χ0) is 11.3. The number of carbonyl (C=O) groups excluding carboxylic acids is 1. The summed E-state index contributed by atoms with van der Waals surface area (Å²) in [5, 5.41) is 0. The molecule has 0 unspecified atom stereocenters. The van der Waals surface area contributed by atoms with E-state index in [1.807, 2.05) is 0 Å². The first kappa shape index (κ1) is 12.2. The lowest BCUT2D eigenvalue weighted by atomic mass is 10.2. The van der Waals surface area contributed by atoms with Gasteiger partial charge in [0.1, 0.15) is 0 Å². The van der Waals surface area contributed by atoms with Gasteiger partial charge in [0, 0.05) is 17.6 Å². The summed E-state index contributed by atoms with van der Waals surface area (Å²) < 4.78 is 34.0. The largest absolute Gasteiger partial charge is 0.725 e. The van der Waals surface area contributed by atoms with Gasteiger partial charge < -0.3 is 4.55 Å². The van der Waals surface area contributed by atoms with Gasteiger partial charge in [-0.15, -0.1) is 0 Å². The molecule has 0 spiro atoms. The molecule has 7 heteroatoms. The predicted octanol–water partition coefficient (Wildman–Crippen LogP) is 0.994. The van der Waals surface area contributed by atoms with Crippen molar-refractivity contribution in [3.8, 4) is 0 Å². The van der Waals surface area contributed by atoms with E-state index in [1.54, 1.807) is 30.3 Å². The number of carbonyl (C=O) groups is 1. The minimum atomic E-state index is -4.74. The fourth-order valence-corrected chi connectivity index (χ4v) is 1.78. The molecule has 15 heavy (non-hydrogen) atoms. The average Bonchev–Trinajstić information content (AvgIpc) is 2.17. The quantitative estimate of drug-likeness (QED) is 0.334. The molecular weight excluding hydrogens is 240 g/mol. The summed E-state index contributed by atoms with van der Waals surface area (Å²) >= 11 is 0.313. The minimum Gasteiger partial charge on any atom is -0.725 e. The van der Waals surface area contributed by atoms with E-state index in [0.29, 0.717) is 17.6 Å². The molecule has 0 bridgehead atoms. The summed E-state index contributed by atoms with van der Waals surface area (Å²) in [5.74, 6) is -0.518. The Labute approximate surface area is 91.6 Å². The van der Waals surface area contributed by atoms with Gasteiger partial charge in [0.05, 0.1) is 5.75 Å². The Balaban J connectivity index is 2.45. The van der Waals surface area contributed by atoms with E-state index >= 15 is 0 Å². The highest BCUT2D eigenvalue weighted by atomic mass is 32.3. The van der Waals surface area contributed by atoms with Crippen molar-refractivity contribution in [1.29, 1.82) is 0 Å². The van der Waals surface area contributed by atoms with Gasteiger partial charge in [-0.05, 0) is 0 Å². The van der Waals surface area contributed by atoms with Crippen LogP contribution in [0.4, 0.5) is 0 Å². The lowest BCUT2D eigenvalue weighted by Gasteiger charge is -2.04. The Bertz CT molecular complexity index is 426. The maximum Gasteiger partial charge on any atom is 0.228 e. The van der Waals surface area contributed by atoms with Crippen LogP contribution in [0.25, 0.3) is 0 Å². The Morgan fingerprint density at radius 1 is 1.33 bits per heavy atom. The maximum absolute atomic E-state index is 11.3. The topological polar surface area (TPSA) is 83.5 Å². The van der Waals surface area contributed by atoms with Gasteiger partial charge in [-0.3, -0.25) is 4.79 Å². The van der Waals surface area contributed by atoms with Crippen LogP contribution in [-0.4, -0.2) is 24.5 Å². The molecule has 0 fully saturated rings. The van der Waals surface area contributed by atoms with Crippen molar-refractivity contribution in [2.24, 2.45) is 0 Å². The van der Waals surface area contributed by atoms with Gasteiger partial charge in [-0.2, -0.15) is 0 Å². The molecule has 0 aliphatic heterocycles. The molecule has 1 aromatic carbocycles. The summed E-state index contributed by atoms with van der Waals surface area (Å²) in [7, 11) is -4.74. The number of hydrogen-bond donors (Lipinski definition) is 0. The van der Waals surface area contributed by atoms with E-state index in [0.717, 1.165) is 0 Å².